The molecule has 2 heterocycles. The number of phenols is 1. The van der Waals surface area contributed by atoms with E-state index in [0.29, 0.717) is 29.0 Å². The molecule has 2 aromatic heterocycles. The summed E-state index contributed by atoms with van der Waals surface area (Å²) in [6.07, 6.45) is 0.787. The third-order valence-electron chi connectivity index (χ3n) is 5.18. The number of nitrogens with one attached hydrogen (secondary N) is 2. The highest BCUT2D eigenvalue weighted by atomic mass is 16.5. The van der Waals surface area contributed by atoms with Gasteiger partial charge in [-0.25, -0.2) is 9.97 Å². The molecule has 0 fully saturated rings. The van der Waals surface area contributed by atoms with Gasteiger partial charge in [0.05, 0.1) is 17.1 Å². The zero-order valence-corrected chi connectivity index (χ0v) is 18.7. The fourth-order valence-electron chi connectivity index (χ4n) is 3.73. The molecule has 3 N–H and O–H groups in total. The Balaban J connectivity index is 1.68. The van der Waals surface area contributed by atoms with E-state index in [1.54, 1.807) is 24.3 Å². The lowest BCUT2D eigenvalue weighted by molar-refractivity contribution is 0.300. The van der Waals surface area contributed by atoms with Crippen LogP contribution in [0, 0.1) is 10.8 Å². The third-order valence-corrected chi connectivity index (χ3v) is 5.18. The van der Waals surface area contributed by atoms with Crippen LogP contribution < -0.4 is 10.1 Å². The highest BCUT2D eigenvalue weighted by molar-refractivity contribution is 5.89. The molecule has 0 radical (unpaired) electrons. The number of nitroso groups, excluding NO2 is 1. The van der Waals surface area contributed by atoms with Crippen LogP contribution in [-0.2, 0) is 6.61 Å². The minimum atomic E-state index is -0.133. The standard InChI is InChI=1S/C25H27N5O3/c1-16(2)11-18(14-26-32)27-24-22-12-19(15-33-21-10-6-9-20(31)13-21)28-25(22)30-23(29-24)17-7-4-3-5-8-17/h3-10,12-13,16,18,31H,11,14-15H2,1-2H3,(H2,27,28,29,30)/t18-/m0/s1. The molecule has 0 aliphatic carbocycles. The molecule has 0 spiro atoms. The molecular formula is C25H27N5O3. The van der Waals surface area contributed by atoms with Crippen LogP contribution in [0.4, 0.5) is 5.82 Å². The van der Waals surface area contributed by atoms with E-state index in [2.05, 4.69) is 29.3 Å². The molecule has 0 amide bonds. The number of ether oxygens (including phenoxy) is 1. The van der Waals surface area contributed by atoms with Crippen molar-refractivity contribution in [2.24, 2.45) is 11.1 Å². The second-order valence-corrected chi connectivity index (χ2v) is 8.39. The first-order valence-electron chi connectivity index (χ1n) is 10.9. The molecule has 0 saturated heterocycles. The Labute approximate surface area is 192 Å². The summed E-state index contributed by atoms with van der Waals surface area (Å²) in [5.74, 6) is 2.34. The van der Waals surface area contributed by atoms with E-state index in [9.17, 15) is 10.0 Å². The SMILES string of the molecule is CC(C)C[C@@H](CN=O)Nc1nc(-c2ccccc2)nc2[nH]c(COc3cccc(O)c3)cc12. The maximum Gasteiger partial charge on any atom is 0.163 e. The van der Waals surface area contributed by atoms with Crippen molar-refractivity contribution in [1.82, 2.24) is 15.0 Å². The van der Waals surface area contributed by atoms with Crippen molar-refractivity contribution in [2.45, 2.75) is 32.9 Å². The van der Waals surface area contributed by atoms with Crippen LogP contribution in [0.2, 0.25) is 0 Å². The van der Waals surface area contributed by atoms with Crippen LogP contribution in [0.1, 0.15) is 26.0 Å². The summed E-state index contributed by atoms with van der Waals surface area (Å²) in [6.45, 7) is 4.64. The summed E-state index contributed by atoms with van der Waals surface area (Å²) in [6, 6.07) is 18.2. The van der Waals surface area contributed by atoms with Gasteiger partial charge in [0.15, 0.2) is 5.82 Å². The highest BCUT2D eigenvalue weighted by Crippen LogP contribution is 2.28. The predicted octanol–water partition coefficient (Wildman–Crippen LogP) is 5.50. The molecule has 0 bridgehead atoms. The number of hydrogen-bond acceptors (Lipinski definition) is 7. The Bertz CT molecular complexity index is 1220. The van der Waals surface area contributed by atoms with Crippen LogP contribution in [0.25, 0.3) is 22.4 Å². The number of anilines is 1. The fraction of sp³-hybridized carbons (Fsp3) is 0.280. The van der Waals surface area contributed by atoms with Gasteiger partial charge < -0.3 is 20.1 Å². The number of aromatic nitrogens is 3. The van der Waals surface area contributed by atoms with Crippen molar-refractivity contribution in [2.75, 3.05) is 11.9 Å². The zero-order chi connectivity index (χ0) is 23.2. The molecule has 1 atom stereocenters. The first-order valence-corrected chi connectivity index (χ1v) is 10.9. The first-order chi connectivity index (χ1) is 16.0. The maximum atomic E-state index is 11.0. The Morgan fingerprint density at radius 3 is 2.64 bits per heavy atom. The van der Waals surface area contributed by atoms with E-state index in [1.165, 1.54) is 0 Å². The van der Waals surface area contributed by atoms with Crippen molar-refractivity contribution < 1.29 is 9.84 Å². The quantitative estimate of drug-likeness (QED) is 0.278. The van der Waals surface area contributed by atoms with Gasteiger partial charge in [0.2, 0.25) is 0 Å². The lowest BCUT2D eigenvalue weighted by atomic mass is 10.0. The predicted molar refractivity (Wildman–Crippen MR) is 129 cm³/mol. The monoisotopic (exact) mass is 445 g/mol. The number of hydrogen-bond donors (Lipinski definition) is 3. The lowest BCUT2D eigenvalue weighted by Gasteiger charge is -2.19. The van der Waals surface area contributed by atoms with Gasteiger partial charge in [0.25, 0.3) is 0 Å². The molecule has 4 rings (SSSR count). The van der Waals surface area contributed by atoms with Crippen LogP contribution in [0.5, 0.6) is 11.5 Å². The largest absolute Gasteiger partial charge is 0.508 e. The molecule has 0 aliphatic heterocycles. The molecule has 4 aromatic rings. The number of nitrogens with zero attached hydrogens (tertiary/aromatic N) is 3. The van der Waals surface area contributed by atoms with Gasteiger partial charge in [-0.3, -0.25) is 0 Å². The van der Waals surface area contributed by atoms with Gasteiger partial charge in [0, 0.05) is 11.6 Å². The molecule has 0 saturated carbocycles. The average Bonchev–Trinajstić information content (AvgIpc) is 3.21. The summed E-state index contributed by atoms with van der Waals surface area (Å²) < 4.78 is 5.81. The first kappa shape index (κ1) is 22.3. The highest BCUT2D eigenvalue weighted by Gasteiger charge is 2.17. The topological polar surface area (TPSA) is 112 Å². The van der Waals surface area contributed by atoms with E-state index >= 15 is 0 Å². The minimum Gasteiger partial charge on any atom is -0.508 e. The van der Waals surface area contributed by atoms with Crippen molar-refractivity contribution >= 4 is 16.9 Å². The van der Waals surface area contributed by atoms with Gasteiger partial charge in [-0.2, -0.15) is 4.91 Å². The summed E-state index contributed by atoms with van der Waals surface area (Å²) in [7, 11) is 0. The van der Waals surface area contributed by atoms with Crippen LogP contribution in [-0.4, -0.2) is 32.6 Å². The maximum absolute atomic E-state index is 11.0. The lowest BCUT2D eigenvalue weighted by Crippen LogP contribution is -2.25. The molecule has 0 unspecified atom stereocenters. The fourth-order valence-corrected chi connectivity index (χ4v) is 3.73. The minimum absolute atomic E-state index is 0.133. The van der Waals surface area contributed by atoms with Crippen LogP contribution >= 0.6 is 0 Å². The second-order valence-electron chi connectivity index (χ2n) is 8.39. The number of aromatic hydroxyl groups is 1. The van der Waals surface area contributed by atoms with E-state index in [-0.39, 0.29) is 24.9 Å². The second kappa shape index (κ2) is 10.1. The number of rotatable bonds is 10. The van der Waals surface area contributed by atoms with Crippen molar-refractivity contribution in [3.8, 4) is 22.9 Å². The number of fused-ring (bicyclic) bond motifs is 1. The van der Waals surface area contributed by atoms with Gasteiger partial charge in [-0.1, -0.05) is 55.4 Å². The van der Waals surface area contributed by atoms with Gasteiger partial charge in [-0.05, 0) is 30.5 Å². The number of benzene rings is 2. The van der Waals surface area contributed by atoms with Gasteiger partial charge in [-0.15, -0.1) is 0 Å². The molecule has 2 aromatic carbocycles. The van der Waals surface area contributed by atoms with Gasteiger partial charge in [0.1, 0.15) is 36.1 Å². The summed E-state index contributed by atoms with van der Waals surface area (Å²) in [5, 5.41) is 17.0. The Hall–Kier alpha value is -3.94. The molecule has 170 valence electrons. The van der Waals surface area contributed by atoms with Crippen LogP contribution in [0.3, 0.4) is 0 Å². The average molecular weight is 446 g/mol. The Kier molecular flexibility index (Phi) is 6.83. The van der Waals surface area contributed by atoms with Crippen molar-refractivity contribution in [3.63, 3.8) is 0 Å². The summed E-state index contributed by atoms with van der Waals surface area (Å²) in [5.41, 5.74) is 2.37. The Morgan fingerprint density at radius 2 is 1.91 bits per heavy atom. The van der Waals surface area contributed by atoms with E-state index in [0.717, 1.165) is 23.1 Å². The summed E-state index contributed by atoms with van der Waals surface area (Å²) >= 11 is 0. The van der Waals surface area contributed by atoms with Crippen molar-refractivity contribution in [3.05, 3.63) is 71.3 Å². The van der Waals surface area contributed by atoms with Crippen LogP contribution in [0.15, 0.2) is 65.8 Å². The normalized spacial score (nSPS) is 12.1. The van der Waals surface area contributed by atoms with Crippen molar-refractivity contribution in [1.29, 1.82) is 0 Å². The van der Waals surface area contributed by atoms with E-state index in [4.69, 9.17) is 14.7 Å². The number of phenolic OH excluding ortho intramolecular Hbond substituents is 1. The zero-order valence-electron chi connectivity index (χ0n) is 18.7. The molecule has 0 aliphatic rings. The number of H-pyrrole nitrogens is 1. The van der Waals surface area contributed by atoms with Gasteiger partial charge >= 0.3 is 0 Å². The Morgan fingerprint density at radius 1 is 1.09 bits per heavy atom. The molecule has 33 heavy (non-hydrogen) atoms. The summed E-state index contributed by atoms with van der Waals surface area (Å²) in [4.78, 5) is 23.8. The third kappa shape index (κ3) is 5.65. The smallest absolute Gasteiger partial charge is 0.163 e. The number of aromatic amines is 1. The molecule has 8 heteroatoms. The van der Waals surface area contributed by atoms with E-state index in [1.807, 2.05) is 36.4 Å². The molecular weight excluding hydrogens is 418 g/mol. The van der Waals surface area contributed by atoms with E-state index < -0.39 is 0 Å². The molecule has 8 nitrogen and oxygen atoms in total.